The summed E-state index contributed by atoms with van der Waals surface area (Å²) in [7, 11) is -4.89. The second-order valence-corrected chi connectivity index (χ2v) is 4.44. The normalized spacial score (nSPS) is 9.38. The summed E-state index contributed by atoms with van der Waals surface area (Å²) in [6.45, 7) is 0.972. The van der Waals surface area contributed by atoms with Gasteiger partial charge in [-0.15, -0.1) is 0 Å². The van der Waals surface area contributed by atoms with Crippen molar-refractivity contribution in [3.8, 4) is 0 Å². The average Bonchev–Trinajstić information content (AvgIpc) is 2.09. The summed E-state index contributed by atoms with van der Waals surface area (Å²) in [5.74, 6) is -6.10. The fourth-order valence-corrected chi connectivity index (χ4v) is 0.714. The van der Waals surface area contributed by atoms with E-state index in [1.165, 1.54) is 0 Å². The van der Waals surface area contributed by atoms with Crippen LogP contribution in [-0.4, -0.2) is 59.7 Å². The number of carboxylic acids is 4. The first-order valence-corrected chi connectivity index (χ1v) is 6.37. The van der Waals surface area contributed by atoms with Gasteiger partial charge in [0.1, 0.15) is 0 Å². The molecule has 130 valence electrons. The first-order chi connectivity index (χ1) is 9.51. The van der Waals surface area contributed by atoms with E-state index in [9.17, 15) is 14.4 Å². The number of carbonyl (C=O) groups is 4. The van der Waals surface area contributed by atoms with Gasteiger partial charge in [-0.2, -0.15) is 0 Å². The number of carbonyl (C=O) groups excluding carboxylic acids is 1. The maximum atomic E-state index is 10.3. The Hall–Kier alpha value is 1.22. The zero-order chi connectivity index (χ0) is 18.7. The van der Waals surface area contributed by atoms with Gasteiger partial charge in [0.2, 0.25) is 0 Å². The molecule has 0 bridgehead atoms. The summed E-state index contributed by atoms with van der Waals surface area (Å²) in [6, 6.07) is 0. The molecule has 0 aliphatic heterocycles. The van der Waals surface area contributed by atoms with Crippen LogP contribution in [0.4, 0.5) is 0 Å². The van der Waals surface area contributed by atoms with Crippen LogP contribution < -0.4 is 113 Å². The van der Waals surface area contributed by atoms with Crippen LogP contribution in [0.2, 0.25) is 0 Å². The van der Waals surface area contributed by atoms with Crippen molar-refractivity contribution < 1.29 is 167 Å². The van der Waals surface area contributed by atoms with Crippen LogP contribution in [0.15, 0.2) is 0 Å². The number of hydrogen-bond acceptors (Lipinski definition) is 8. The molecule has 0 radical (unpaired) electrons. The summed E-state index contributed by atoms with van der Waals surface area (Å²) in [4.78, 5) is 62.3. The fraction of sp³-hybridized carbons (Fsp3) is 0.500. The van der Waals surface area contributed by atoms with Gasteiger partial charge in [-0.1, -0.05) is 0 Å². The van der Waals surface area contributed by atoms with E-state index in [1.807, 2.05) is 0 Å². The largest absolute Gasteiger partial charge is 1.00 e. The van der Waals surface area contributed by atoms with Gasteiger partial charge in [-0.25, -0.2) is 4.79 Å². The molecule has 0 saturated heterocycles. The fourth-order valence-electron chi connectivity index (χ4n) is 0.714. The van der Waals surface area contributed by atoms with E-state index in [-0.39, 0.29) is 103 Å². The number of phosphoric acid groups is 1. The van der Waals surface area contributed by atoms with E-state index in [4.69, 9.17) is 49.6 Å². The Balaban J connectivity index is -0.0000000919. The van der Waals surface area contributed by atoms with Crippen molar-refractivity contribution in [1.82, 2.24) is 0 Å². The molecule has 0 saturated carbocycles. The standard InChI is InChI=1S/C6H8O7.C2H4O2.2K.H3O4P/c7-3(8)1-6(13,5(11)12)2-4(9)10;1-2(3)4;;;1-5(2,3)4/h13H,1-2H2,(H,7,8)(H,9,10)(H,11,12);1H3,(H,3,4);;;(H3,1,2,3,4)/q;;2*+1;/p-2. The Morgan fingerprint density at radius 1 is 0.958 bits per heavy atom. The molecule has 0 aliphatic carbocycles. The number of aliphatic hydroxyl groups is 1. The Bertz CT molecular complexity index is 431. The zero-order valence-corrected chi connectivity index (χ0v) is 20.0. The van der Waals surface area contributed by atoms with Gasteiger partial charge in [0.05, 0.1) is 12.8 Å². The third-order valence-corrected chi connectivity index (χ3v) is 1.29. The molecule has 0 atom stereocenters. The van der Waals surface area contributed by atoms with Crippen molar-refractivity contribution in [2.75, 3.05) is 0 Å². The van der Waals surface area contributed by atoms with Crippen molar-refractivity contribution >= 4 is 31.7 Å². The minimum absolute atomic E-state index is 0. The SMILES string of the molecule is CC(=O)[O-].O=C(O)CC(O)(CC(=O)O)C(=O)O.O=P([O-])(O)O.[K+].[K+]. The summed E-state index contributed by atoms with van der Waals surface area (Å²) in [5, 5.41) is 42.7. The molecular formula is C8H13K2O13P. The summed E-state index contributed by atoms with van der Waals surface area (Å²) < 4.78 is 8.77. The second-order valence-electron chi connectivity index (χ2n) is 3.46. The van der Waals surface area contributed by atoms with E-state index >= 15 is 0 Å². The second kappa shape index (κ2) is 17.6. The van der Waals surface area contributed by atoms with E-state index in [1.54, 1.807) is 0 Å². The minimum Gasteiger partial charge on any atom is -0.756 e. The van der Waals surface area contributed by atoms with Crippen molar-refractivity contribution in [2.24, 2.45) is 0 Å². The third-order valence-electron chi connectivity index (χ3n) is 1.29. The Kier molecular flexibility index (Phi) is 26.6. The van der Waals surface area contributed by atoms with E-state index in [2.05, 4.69) is 0 Å². The molecule has 6 N–H and O–H groups in total. The molecule has 0 aromatic heterocycles. The molecule has 0 amide bonds. The van der Waals surface area contributed by atoms with E-state index < -0.39 is 50.1 Å². The molecule has 13 nitrogen and oxygen atoms in total. The van der Waals surface area contributed by atoms with E-state index in [0.717, 1.165) is 6.92 Å². The molecule has 0 aromatic carbocycles. The third kappa shape index (κ3) is 38.7. The monoisotopic (exact) mass is 426 g/mol. The van der Waals surface area contributed by atoms with Gasteiger partial charge in [0, 0.05) is 5.97 Å². The maximum absolute atomic E-state index is 10.3. The zero-order valence-electron chi connectivity index (χ0n) is 12.9. The molecule has 0 unspecified atom stereocenters. The van der Waals surface area contributed by atoms with Gasteiger partial charge in [0.25, 0.3) is 7.82 Å². The van der Waals surface area contributed by atoms with Gasteiger partial charge in [-0.3, -0.25) is 14.2 Å². The minimum atomic E-state index is -4.89. The molecule has 0 fully saturated rings. The molecule has 0 aliphatic rings. The van der Waals surface area contributed by atoms with Gasteiger partial charge in [0.15, 0.2) is 5.60 Å². The van der Waals surface area contributed by atoms with Crippen molar-refractivity contribution in [1.29, 1.82) is 0 Å². The molecule has 0 heterocycles. The van der Waals surface area contributed by atoms with E-state index in [0.29, 0.717) is 0 Å². The van der Waals surface area contributed by atoms with Crippen LogP contribution in [0.5, 0.6) is 0 Å². The predicted molar refractivity (Wildman–Crippen MR) is 59.8 cm³/mol. The Morgan fingerprint density at radius 3 is 1.21 bits per heavy atom. The molecule has 0 aromatic rings. The van der Waals surface area contributed by atoms with Gasteiger partial charge in [-0.05, 0) is 6.92 Å². The summed E-state index contributed by atoms with van der Waals surface area (Å²) >= 11 is 0. The predicted octanol–water partition coefficient (Wildman–Crippen LogP) is -10.0. The molecular weight excluding hydrogens is 413 g/mol. The van der Waals surface area contributed by atoms with Crippen LogP contribution in [0.25, 0.3) is 0 Å². The molecule has 24 heavy (non-hydrogen) atoms. The Morgan fingerprint density at radius 2 is 1.12 bits per heavy atom. The molecule has 0 rings (SSSR count). The first-order valence-electron chi connectivity index (χ1n) is 4.84. The summed E-state index contributed by atoms with van der Waals surface area (Å²) in [5.41, 5.74) is -2.74. The Labute approximate surface area is 220 Å². The number of rotatable bonds is 5. The van der Waals surface area contributed by atoms with Gasteiger partial charge < -0.3 is 45.0 Å². The number of aliphatic carboxylic acids is 4. The molecule has 16 heteroatoms. The van der Waals surface area contributed by atoms with Crippen LogP contribution in [-0.2, 0) is 23.7 Å². The molecule has 0 spiro atoms. The van der Waals surface area contributed by atoms with Crippen LogP contribution >= 0.6 is 7.82 Å². The maximum Gasteiger partial charge on any atom is 1.00 e. The van der Waals surface area contributed by atoms with Crippen molar-refractivity contribution in [3.05, 3.63) is 0 Å². The van der Waals surface area contributed by atoms with Crippen LogP contribution in [0.3, 0.4) is 0 Å². The quantitative estimate of drug-likeness (QED) is 0.176. The summed E-state index contributed by atoms with van der Waals surface area (Å²) in [6.07, 6.45) is -2.29. The smallest absolute Gasteiger partial charge is 0.756 e. The van der Waals surface area contributed by atoms with Crippen LogP contribution in [0, 0.1) is 0 Å². The number of hydrogen-bond donors (Lipinski definition) is 6. The van der Waals surface area contributed by atoms with Crippen LogP contribution in [0.1, 0.15) is 19.8 Å². The van der Waals surface area contributed by atoms with Gasteiger partial charge >= 0.3 is 121 Å². The van der Waals surface area contributed by atoms with Crippen molar-refractivity contribution in [3.63, 3.8) is 0 Å². The number of carboxylic acid groups (broad SMARTS) is 4. The topological polar surface area (TPSA) is 253 Å². The first kappa shape index (κ1) is 36.2. The van der Waals surface area contributed by atoms with Crippen molar-refractivity contribution in [2.45, 2.75) is 25.4 Å². The average molecular weight is 426 g/mol.